The van der Waals surface area contributed by atoms with Crippen LogP contribution in [0.1, 0.15) is 0 Å². The average Bonchev–Trinajstić information content (AvgIpc) is 2.80. The lowest BCUT2D eigenvalue weighted by Gasteiger charge is -2.09. The minimum atomic E-state index is 0.172. The molecular formula is C14H13BrN4O. The lowest BCUT2D eigenvalue weighted by atomic mass is 10.2. The van der Waals surface area contributed by atoms with Gasteiger partial charge in [0.05, 0.1) is 11.1 Å². The number of benzene rings is 1. The van der Waals surface area contributed by atoms with Gasteiger partial charge in [-0.1, -0.05) is 15.9 Å². The Morgan fingerprint density at radius 3 is 2.65 bits per heavy atom. The first kappa shape index (κ1) is 12.9. The zero-order valence-corrected chi connectivity index (χ0v) is 12.6. The molecule has 1 aromatic carbocycles. The molecule has 2 N–H and O–H groups in total. The van der Waals surface area contributed by atoms with E-state index < -0.39 is 0 Å². The van der Waals surface area contributed by atoms with Crippen molar-refractivity contribution in [3.63, 3.8) is 0 Å². The number of aromatic nitrogens is 3. The first-order valence-electron chi connectivity index (χ1n) is 6.07. The standard InChI is InChI=1S/C14H13BrN4O/c1-19(2)12-6-5-10-14(17-12)18-13(16-10)9-4-3-8(15)7-11(9)20/h3-7,20H,1-2H3,(H,16,17,18). The Bertz CT molecular complexity index is 782. The molecule has 0 saturated carbocycles. The van der Waals surface area contributed by atoms with Gasteiger partial charge in [-0.15, -0.1) is 0 Å². The Kier molecular flexibility index (Phi) is 3.10. The zero-order chi connectivity index (χ0) is 14.3. The van der Waals surface area contributed by atoms with Crippen molar-refractivity contribution in [2.45, 2.75) is 0 Å². The summed E-state index contributed by atoms with van der Waals surface area (Å²) >= 11 is 3.32. The maximum atomic E-state index is 9.99. The number of hydrogen-bond donors (Lipinski definition) is 2. The molecule has 0 radical (unpaired) electrons. The number of halogens is 1. The molecule has 20 heavy (non-hydrogen) atoms. The lowest BCUT2D eigenvalue weighted by molar-refractivity contribution is 0.476. The summed E-state index contributed by atoms with van der Waals surface area (Å²) in [6, 6.07) is 9.17. The number of imidazole rings is 1. The molecule has 0 unspecified atom stereocenters. The molecule has 0 aliphatic carbocycles. The Morgan fingerprint density at radius 1 is 1.15 bits per heavy atom. The zero-order valence-electron chi connectivity index (χ0n) is 11.1. The van der Waals surface area contributed by atoms with Crippen LogP contribution in [0.3, 0.4) is 0 Å². The largest absolute Gasteiger partial charge is 0.507 e. The third kappa shape index (κ3) is 2.22. The second-order valence-corrected chi connectivity index (χ2v) is 5.60. The Hall–Kier alpha value is -2.08. The van der Waals surface area contributed by atoms with Crippen molar-refractivity contribution in [1.29, 1.82) is 0 Å². The fourth-order valence-corrected chi connectivity index (χ4v) is 2.31. The van der Waals surface area contributed by atoms with Crippen molar-refractivity contribution in [2.24, 2.45) is 0 Å². The van der Waals surface area contributed by atoms with Crippen LogP contribution in [0, 0.1) is 0 Å². The van der Waals surface area contributed by atoms with Crippen LogP contribution in [0.2, 0.25) is 0 Å². The van der Waals surface area contributed by atoms with Gasteiger partial charge in [-0.3, -0.25) is 0 Å². The molecule has 0 spiro atoms. The summed E-state index contributed by atoms with van der Waals surface area (Å²) in [6.07, 6.45) is 0. The number of aromatic amines is 1. The summed E-state index contributed by atoms with van der Waals surface area (Å²) in [4.78, 5) is 14.0. The van der Waals surface area contributed by atoms with Gasteiger partial charge in [0.15, 0.2) is 5.65 Å². The van der Waals surface area contributed by atoms with Crippen LogP contribution in [0.25, 0.3) is 22.6 Å². The van der Waals surface area contributed by atoms with Crippen LogP contribution in [0.5, 0.6) is 5.75 Å². The van der Waals surface area contributed by atoms with E-state index in [0.717, 1.165) is 15.8 Å². The highest BCUT2D eigenvalue weighted by molar-refractivity contribution is 9.10. The molecule has 0 bridgehead atoms. The van der Waals surface area contributed by atoms with Crippen LogP contribution in [0.4, 0.5) is 5.82 Å². The summed E-state index contributed by atoms with van der Waals surface area (Å²) in [5.74, 6) is 1.62. The average molecular weight is 333 g/mol. The molecule has 0 aliphatic heterocycles. The molecule has 2 aromatic heterocycles. The van der Waals surface area contributed by atoms with Gasteiger partial charge in [-0.05, 0) is 30.3 Å². The third-order valence-corrected chi connectivity index (χ3v) is 3.50. The van der Waals surface area contributed by atoms with Gasteiger partial charge in [0, 0.05) is 18.6 Å². The topological polar surface area (TPSA) is 65.0 Å². The fraction of sp³-hybridized carbons (Fsp3) is 0.143. The Labute approximate surface area is 124 Å². The van der Waals surface area contributed by atoms with Gasteiger partial charge in [0.2, 0.25) is 0 Å². The van der Waals surface area contributed by atoms with Crippen molar-refractivity contribution in [3.05, 3.63) is 34.8 Å². The van der Waals surface area contributed by atoms with E-state index in [9.17, 15) is 5.11 Å². The smallest absolute Gasteiger partial charge is 0.180 e. The maximum absolute atomic E-state index is 9.99. The quantitative estimate of drug-likeness (QED) is 0.756. The number of anilines is 1. The summed E-state index contributed by atoms with van der Waals surface area (Å²) in [6.45, 7) is 0. The summed E-state index contributed by atoms with van der Waals surface area (Å²) in [7, 11) is 3.87. The van der Waals surface area contributed by atoms with E-state index in [4.69, 9.17) is 0 Å². The monoisotopic (exact) mass is 332 g/mol. The number of phenols is 1. The Balaban J connectivity index is 2.13. The second kappa shape index (κ2) is 4.79. The molecule has 2 heterocycles. The minimum Gasteiger partial charge on any atom is -0.507 e. The third-order valence-electron chi connectivity index (χ3n) is 3.00. The number of hydrogen-bond acceptors (Lipinski definition) is 4. The number of phenolic OH excluding ortho intramolecular Hbond substituents is 1. The fourth-order valence-electron chi connectivity index (χ4n) is 1.96. The SMILES string of the molecule is CN(C)c1ccc2[nH]c(-c3ccc(Br)cc3O)nc2n1. The summed E-state index contributed by atoms with van der Waals surface area (Å²) in [5.41, 5.74) is 2.12. The van der Waals surface area contributed by atoms with E-state index in [0.29, 0.717) is 17.0 Å². The highest BCUT2D eigenvalue weighted by atomic mass is 79.9. The van der Waals surface area contributed by atoms with Crippen LogP contribution in [0.15, 0.2) is 34.8 Å². The first-order chi connectivity index (χ1) is 9.54. The molecule has 0 fully saturated rings. The molecule has 6 heteroatoms. The molecule has 0 saturated heterocycles. The number of fused-ring (bicyclic) bond motifs is 1. The number of nitrogens with one attached hydrogen (secondary N) is 1. The highest BCUT2D eigenvalue weighted by Gasteiger charge is 2.11. The molecule has 0 amide bonds. The predicted octanol–water partition coefficient (Wildman–Crippen LogP) is 3.16. The summed E-state index contributed by atoms with van der Waals surface area (Å²) < 4.78 is 0.822. The molecule has 3 rings (SSSR count). The van der Waals surface area contributed by atoms with Gasteiger partial charge >= 0.3 is 0 Å². The molecule has 3 aromatic rings. The van der Waals surface area contributed by atoms with Crippen LogP contribution < -0.4 is 4.90 Å². The van der Waals surface area contributed by atoms with E-state index in [2.05, 4.69) is 30.9 Å². The van der Waals surface area contributed by atoms with Crippen LogP contribution in [-0.4, -0.2) is 34.2 Å². The van der Waals surface area contributed by atoms with E-state index in [-0.39, 0.29) is 5.75 Å². The molecule has 102 valence electrons. The van der Waals surface area contributed by atoms with Crippen LogP contribution >= 0.6 is 15.9 Å². The number of rotatable bonds is 2. The van der Waals surface area contributed by atoms with Gasteiger partial charge in [0.25, 0.3) is 0 Å². The first-order valence-corrected chi connectivity index (χ1v) is 6.87. The molecule has 0 aliphatic rings. The van der Waals surface area contributed by atoms with Gasteiger partial charge in [-0.25, -0.2) is 9.97 Å². The second-order valence-electron chi connectivity index (χ2n) is 4.68. The van der Waals surface area contributed by atoms with Gasteiger partial charge < -0.3 is 15.0 Å². The van der Waals surface area contributed by atoms with Gasteiger partial charge in [-0.2, -0.15) is 0 Å². The van der Waals surface area contributed by atoms with Crippen molar-refractivity contribution in [3.8, 4) is 17.1 Å². The van der Waals surface area contributed by atoms with E-state index in [1.54, 1.807) is 6.07 Å². The molecule has 0 atom stereocenters. The van der Waals surface area contributed by atoms with Crippen molar-refractivity contribution in [2.75, 3.05) is 19.0 Å². The van der Waals surface area contributed by atoms with Crippen LogP contribution in [-0.2, 0) is 0 Å². The van der Waals surface area contributed by atoms with Crippen molar-refractivity contribution >= 4 is 32.9 Å². The van der Waals surface area contributed by atoms with E-state index in [1.165, 1.54) is 0 Å². The van der Waals surface area contributed by atoms with Gasteiger partial charge in [0.1, 0.15) is 17.4 Å². The highest BCUT2D eigenvalue weighted by Crippen LogP contribution is 2.31. The number of aromatic hydroxyl groups is 1. The predicted molar refractivity (Wildman–Crippen MR) is 83.0 cm³/mol. The van der Waals surface area contributed by atoms with E-state index in [1.807, 2.05) is 43.3 Å². The summed E-state index contributed by atoms with van der Waals surface area (Å²) in [5, 5.41) is 9.99. The minimum absolute atomic E-state index is 0.172. The molecule has 5 nitrogen and oxygen atoms in total. The Morgan fingerprint density at radius 2 is 1.95 bits per heavy atom. The maximum Gasteiger partial charge on any atom is 0.180 e. The van der Waals surface area contributed by atoms with Crippen molar-refractivity contribution in [1.82, 2.24) is 15.0 Å². The number of pyridine rings is 1. The van der Waals surface area contributed by atoms with E-state index >= 15 is 0 Å². The number of H-pyrrole nitrogens is 1. The van der Waals surface area contributed by atoms with Crippen molar-refractivity contribution < 1.29 is 5.11 Å². The molecular weight excluding hydrogens is 320 g/mol. The number of nitrogens with zero attached hydrogens (tertiary/aromatic N) is 3. The normalized spacial score (nSPS) is 10.9. The lowest BCUT2D eigenvalue weighted by Crippen LogP contribution is -2.10.